The number of halogens is 3. The summed E-state index contributed by atoms with van der Waals surface area (Å²) in [5, 5.41) is 24.3. The normalized spacial score (nSPS) is 23.0. The standard InChI is InChI=1S/C21H31FN4O4.C15H29N3O2.C6H3F2NO2/c1-20(2,3)30-19(27)24-12-9-21(4,14-24)25-10-7-16(8-11-25)23-17-13-15(22)5-6-18(17)26(28)29;1-14(2,3)20-13(19)17-10-7-15(4,11-17)18-8-5-12(16)6-9-18;7-4-1-2-6(9(10)11)5(8)3-4/h5-6,13,16,23H,7-12,14H2,1-4H3;12H,5-11,16H2,1-4H3;1-3H. The summed E-state index contributed by atoms with van der Waals surface area (Å²) in [6, 6.07) is 5.94. The molecular weight excluding hydrogens is 802 g/mol. The van der Waals surface area contributed by atoms with Gasteiger partial charge < -0.3 is 30.3 Å². The van der Waals surface area contributed by atoms with Crippen LogP contribution in [0.25, 0.3) is 0 Å². The number of amides is 2. The van der Waals surface area contributed by atoms with E-state index in [0.717, 1.165) is 96.0 Å². The highest BCUT2D eigenvalue weighted by Gasteiger charge is 2.44. The van der Waals surface area contributed by atoms with E-state index in [1.807, 2.05) is 46.4 Å². The lowest BCUT2D eigenvalue weighted by atomic mass is 9.94. The third-order valence-corrected chi connectivity index (χ3v) is 11.4. The Morgan fingerprint density at radius 1 is 0.705 bits per heavy atom. The van der Waals surface area contributed by atoms with Gasteiger partial charge in [-0.3, -0.25) is 30.0 Å². The van der Waals surface area contributed by atoms with Crippen LogP contribution in [-0.4, -0.2) is 128 Å². The molecule has 6 rings (SSSR count). The molecule has 61 heavy (non-hydrogen) atoms. The fourth-order valence-electron chi connectivity index (χ4n) is 8.01. The minimum atomic E-state index is -1.16. The van der Waals surface area contributed by atoms with Crippen LogP contribution in [0.15, 0.2) is 36.4 Å². The Morgan fingerprint density at radius 3 is 1.52 bits per heavy atom. The van der Waals surface area contributed by atoms with Gasteiger partial charge in [-0.1, -0.05) is 0 Å². The van der Waals surface area contributed by atoms with Gasteiger partial charge in [0.2, 0.25) is 5.82 Å². The average molecular weight is 865 g/mol. The van der Waals surface area contributed by atoms with Crippen molar-refractivity contribution in [3.63, 3.8) is 0 Å². The number of hydrogen-bond donors (Lipinski definition) is 2. The fourth-order valence-corrected chi connectivity index (χ4v) is 8.01. The number of benzene rings is 2. The van der Waals surface area contributed by atoms with Gasteiger partial charge in [0.05, 0.1) is 9.85 Å². The zero-order chi connectivity index (χ0) is 45.5. The van der Waals surface area contributed by atoms with E-state index in [4.69, 9.17) is 15.2 Å². The predicted molar refractivity (Wildman–Crippen MR) is 225 cm³/mol. The van der Waals surface area contributed by atoms with Crippen LogP contribution in [-0.2, 0) is 9.47 Å². The maximum Gasteiger partial charge on any atom is 0.410 e. The molecule has 16 nitrogen and oxygen atoms in total. The van der Waals surface area contributed by atoms with Crippen molar-refractivity contribution in [3.05, 3.63) is 74.1 Å². The molecule has 2 atom stereocenters. The van der Waals surface area contributed by atoms with Gasteiger partial charge in [0.15, 0.2) is 0 Å². The molecule has 0 radical (unpaired) electrons. The van der Waals surface area contributed by atoms with Crippen molar-refractivity contribution in [1.82, 2.24) is 19.6 Å². The van der Waals surface area contributed by atoms with E-state index in [9.17, 15) is 43.0 Å². The molecule has 4 aliphatic heterocycles. The van der Waals surface area contributed by atoms with Gasteiger partial charge in [-0.2, -0.15) is 4.39 Å². The first kappa shape index (κ1) is 48.9. The van der Waals surface area contributed by atoms with Crippen molar-refractivity contribution in [3.8, 4) is 0 Å². The topological polar surface area (TPSA) is 190 Å². The molecule has 0 aromatic heterocycles. The molecule has 3 N–H and O–H groups in total. The van der Waals surface area contributed by atoms with Crippen LogP contribution in [0.5, 0.6) is 0 Å². The molecule has 0 saturated carbocycles. The molecule has 4 heterocycles. The second-order valence-electron chi connectivity index (χ2n) is 18.8. The van der Waals surface area contributed by atoms with Crippen molar-refractivity contribution in [2.24, 2.45) is 5.73 Å². The summed E-state index contributed by atoms with van der Waals surface area (Å²) in [6.45, 7) is 22.3. The number of likely N-dealkylation sites (tertiary alicyclic amines) is 4. The van der Waals surface area contributed by atoms with Crippen LogP contribution in [0.1, 0.15) is 93.9 Å². The van der Waals surface area contributed by atoms with Crippen LogP contribution in [0.4, 0.5) is 39.8 Å². The van der Waals surface area contributed by atoms with Crippen molar-refractivity contribution < 1.29 is 42.1 Å². The van der Waals surface area contributed by atoms with Gasteiger partial charge in [0.25, 0.3) is 5.69 Å². The van der Waals surface area contributed by atoms with Crippen LogP contribution in [0.2, 0.25) is 0 Å². The Hall–Kier alpha value is -4.75. The summed E-state index contributed by atoms with van der Waals surface area (Å²) in [4.78, 5) is 52.8. The Labute approximate surface area is 356 Å². The monoisotopic (exact) mass is 864 g/mol. The van der Waals surface area contributed by atoms with Crippen molar-refractivity contribution in [1.29, 1.82) is 0 Å². The minimum Gasteiger partial charge on any atom is -0.444 e. The number of carbonyl (C=O) groups excluding carboxylic acids is 2. The number of hydrogen-bond acceptors (Lipinski definition) is 12. The highest BCUT2D eigenvalue weighted by atomic mass is 19.1. The maximum atomic E-state index is 13.6. The molecule has 19 heteroatoms. The zero-order valence-electron chi connectivity index (χ0n) is 36.7. The van der Waals surface area contributed by atoms with Gasteiger partial charge in [0, 0.05) is 99.8 Å². The first-order valence-electron chi connectivity index (χ1n) is 20.8. The van der Waals surface area contributed by atoms with Gasteiger partial charge >= 0.3 is 17.9 Å². The molecule has 0 bridgehead atoms. The average Bonchev–Trinajstić information content (AvgIpc) is 3.76. The SMILES string of the molecule is CC(C)(C)OC(=O)N1CCC(C)(N2CCC(N)CC2)C1.CC(C)(C)OC(=O)N1CCC(C)(N2CCC(Nc3cc(F)ccc3[N+](=O)[O-])CC2)C1.O=[N+]([O-])c1ccc(F)cc1F. The second kappa shape index (κ2) is 20.0. The molecule has 2 aromatic rings. The lowest BCUT2D eigenvalue weighted by Gasteiger charge is -2.43. The van der Waals surface area contributed by atoms with Crippen molar-refractivity contribution >= 4 is 29.2 Å². The summed E-state index contributed by atoms with van der Waals surface area (Å²) in [5.74, 6) is -2.48. The summed E-state index contributed by atoms with van der Waals surface area (Å²) < 4.78 is 49.1. The van der Waals surface area contributed by atoms with E-state index < -0.39 is 44.2 Å². The third kappa shape index (κ3) is 14.1. The minimum absolute atomic E-state index is 0.0358. The Kier molecular flexibility index (Phi) is 16.0. The van der Waals surface area contributed by atoms with Gasteiger partial charge in [-0.25, -0.2) is 18.4 Å². The van der Waals surface area contributed by atoms with Crippen LogP contribution >= 0.6 is 0 Å². The van der Waals surface area contributed by atoms with E-state index >= 15 is 0 Å². The van der Waals surface area contributed by atoms with E-state index in [1.165, 1.54) is 12.1 Å². The van der Waals surface area contributed by atoms with E-state index in [2.05, 4.69) is 29.0 Å². The summed E-state index contributed by atoms with van der Waals surface area (Å²) >= 11 is 0. The quantitative estimate of drug-likeness (QED) is 0.213. The first-order valence-corrected chi connectivity index (χ1v) is 20.8. The van der Waals surface area contributed by atoms with Crippen molar-refractivity contribution in [2.45, 2.75) is 128 Å². The highest BCUT2D eigenvalue weighted by molar-refractivity contribution is 5.69. The number of ether oxygens (including phenoxy) is 2. The number of nitrogens with two attached hydrogens (primary N) is 1. The predicted octanol–water partition coefficient (Wildman–Crippen LogP) is 7.69. The zero-order valence-corrected chi connectivity index (χ0v) is 36.7. The molecule has 2 unspecified atom stereocenters. The maximum absolute atomic E-state index is 13.6. The summed E-state index contributed by atoms with van der Waals surface area (Å²) in [6.07, 6.45) is 5.12. The first-order chi connectivity index (χ1) is 28.3. The molecule has 2 amide bonds. The number of nitrogens with one attached hydrogen (secondary N) is 1. The lowest BCUT2D eigenvalue weighted by Crippen LogP contribution is -2.53. The number of nitro groups is 2. The Balaban J connectivity index is 0.000000226. The number of nitro benzene ring substituents is 2. The molecule has 340 valence electrons. The highest BCUT2D eigenvalue weighted by Crippen LogP contribution is 2.34. The van der Waals surface area contributed by atoms with Crippen LogP contribution in [0, 0.1) is 37.7 Å². The largest absolute Gasteiger partial charge is 0.444 e. The molecule has 4 fully saturated rings. The molecule has 0 spiro atoms. The Morgan fingerprint density at radius 2 is 1.11 bits per heavy atom. The molecule has 4 aliphatic rings. The van der Waals surface area contributed by atoms with Crippen molar-refractivity contribution in [2.75, 3.05) is 57.7 Å². The van der Waals surface area contributed by atoms with Gasteiger partial charge in [0.1, 0.15) is 28.5 Å². The molecular formula is C42H63F3N8O8. The number of piperidine rings is 2. The van der Waals surface area contributed by atoms with Crippen LogP contribution < -0.4 is 11.1 Å². The van der Waals surface area contributed by atoms with E-state index in [0.29, 0.717) is 25.2 Å². The molecule has 2 aromatic carbocycles. The molecule has 0 aliphatic carbocycles. The van der Waals surface area contributed by atoms with Gasteiger partial charge in [-0.15, -0.1) is 0 Å². The van der Waals surface area contributed by atoms with Gasteiger partial charge in [-0.05, 0) is 106 Å². The lowest BCUT2D eigenvalue weighted by molar-refractivity contribution is -0.387. The van der Waals surface area contributed by atoms with Crippen LogP contribution in [0.3, 0.4) is 0 Å². The third-order valence-electron chi connectivity index (χ3n) is 11.4. The second-order valence-corrected chi connectivity index (χ2v) is 18.8. The molecule has 4 saturated heterocycles. The number of rotatable bonds is 6. The number of nitrogens with zero attached hydrogens (tertiary/aromatic N) is 6. The smallest absolute Gasteiger partial charge is 0.410 e. The Bertz CT molecular complexity index is 1860. The van der Waals surface area contributed by atoms with E-state index in [1.54, 1.807) is 4.90 Å². The number of carbonyl (C=O) groups is 2. The summed E-state index contributed by atoms with van der Waals surface area (Å²) in [7, 11) is 0. The fraction of sp³-hybridized carbons (Fsp3) is 0.667. The van der Waals surface area contributed by atoms with E-state index in [-0.39, 0.29) is 40.7 Å². The summed E-state index contributed by atoms with van der Waals surface area (Å²) in [5.41, 5.74) is 4.39. The number of anilines is 1.